The molecule has 0 unspecified atom stereocenters. The van der Waals surface area contributed by atoms with Crippen molar-refractivity contribution in [1.82, 2.24) is 10.3 Å². The number of anilines is 1. The molecule has 1 amide bonds. The second kappa shape index (κ2) is 8.29. The molecule has 7 heteroatoms. The summed E-state index contributed by atoms with van der Waals surface area (Å²) in [7, 11) is 0. The van der Waals surface area contributed by atoms with Crippen molar-refractivity contribution in [3.05, 3.63) is 22.7 Å². The van der Waals surface area contributed by atoms with Gasteiger partial charge in [0, 0.05) is 36.7 Å². The number of nitrogens with one attached hydrogen (secondary N) is 1. The zero-order chi connectivity index (χ0) is 19.7. The van der Waals surface area contributed by atoms with E-state index < -0.39 is 0 Å². The van der Waals surface area contributed by atoms with Gasteiger partial charge in [-0.25, -0.2) is 0 Å². The number of carbonyl (C=O) groups is 1. The molecule has 1 aromatic carbocycles. The molecule has 1 saturated carbocycles. The van der Waals surface area contributed by atoms with E-state index >= 15 is 0 Å². The van der Waals surface area contributed by atoms with E-state index in [4.69, 9.17) is 16.0 Å². The average molecular weight is 406 g/mol. The van der Waals surface area contributed by atoms with Gasteiger partial charge in [0.05, 0.1) is 0 Å². The molecule has 1 aliphatic carbocycles. The molecule has 2 aliphatic rings. The lowest BCUT2D eigenvalue weighted by Gasteiger charge is -2.33. The van der Waals surface area contributed by atoms with E-state index in [2.05, 4.69) is 15.2 Å². The molecule has 2 heterocycles. The molecule has 1 aliphatic heterocycles. The van der Waals surface area contributed by atoms with Crippen molar-refractivity contribution in [2.75, 3.05) is 24.6 Å². The van der Waals surface area contributed by atoms with Crippen molar-refractivity contribution >= 4 is 34.6 Å². The van der Waals surface area contributed by atoms with Gasteiger partial charge in [0.2, 0.25) is 5.91 Å². The van der Waals surface area contributed by atoms with Crippen molar-refractivity contribution < 1.29 is 14.3 Å². The highest BCUT2D eigenvalue weighted by Crippen LogP contribution is 2.30. The number of fused-ring (bicyclic) bond motifs is 1. The summed E-state index contributed by atoms with van der Waals surface area (Å²) in [4.78, 5) is 19.4. The van der Waals surface area contributed by atoms with Crippen LogP contribution in [0, 0.1) is 18.8 Å². The summed E-state index contributed by atoms with van der Waals surface area (Å²) in [5.41, 5.74) is 2.48. The van der Waals surface area contributed by atoms with E-state index in [1.807, 2.05) is 19.1 Å². The van der Waals surface area contributed by atoms with Crippen molar-refractivity contribution in [2.24, 2.45) is 11.8 Å². The molecule has 2 N–H and O–H groups in total. The topological polar surface area (TPSA) is 78.6 Å². The van der Waals surface area contributed by atoms with Gasteiger partial charge >= 0.3 is 0 Å². The van der Waals surface area contributed by atoms with Crippen LogP contribution >= 0.6 is 11.6 Å². The molecule has 1 saturated heterocycles. The van der Waals surface area contributed by atoms with E-state index in [0.717, 1.165) is 68.3 Å². The van der Waals surface area contributed by atoms with E-state index in [-0.39, 0.29) is 24.5 Å². The Labute approximate surface area is 170 Å². The third kappa shape index (κ3) is 4.13. The Morgan fingerprint density at radius 1 is 1.32 bits per heavy atom. The molecule has 2 fully saturated rings. The molecule has 152 valence electrons. The predicted octanol–water partition coefficient (Wildman–Crippen LogP) is 3.67. The minimum absolute atomic E-state index is 0.0341. The van der Waals surface area contributed by atoms with Crippen molar-refractivity contribution in [3.8, 4) is 0 Å². The zero-order valence-corrected chi connectivity index (χ0v) is 17.0. The largest absolute Gasteiger partial charge is 0.423 e. The number of aliphatic hydroxyl groups is 1. The van der Waals surface area contributed by atoms with Gasteiger partial charge in [-0.15, -0.1) is 0 Å². The van der Waals surface area contributed by atoms with Gasteiger partial charge in [-0.1, -0.05) is 18.0 Å². The molecule has 0 spiro atoms. The Morgan fingerprint density at radius 2 is 2.11 bits per heavy atom. The maximum atomic E-state index is 12.7. The number of oxazole rings is 1. The number of piperidine rings is 1. The first-order valence-corrected chi connectivity index (χ1v) is 10.6. The van der Waals surface area contributed by atoms with Crippen molar-refractivity contribution in [2.45, 2.75) is 51.5 Å². The number of aliphatic hydroxyl groups excluding tert-OH is 1. The van der Waals surface area contributed by atoms with Crippen molar-refractivity contribution in [3.63, 3.8) is 0 Å². The van der Waals surface area contributed by atoms with Crippen LogP contribution in [0.1, 0.15) is 44.1 Å². The van der Waals surface area contributed by atoms with Gasteiger partial charge in [0.25, 0.3) is 6.01 Å². The van der Waals surface area contributed by atoms with E-state index in [1.54, 1.807) is 0 Å². The first-order chi connectivity index (χ1) is 13.5. The van der Waals surface area contributed by atoms with Crippen molar-refractivity contribution in [1.29, 1.82) is 0 Å². The molecule has 6 nitrogen and oxygen atoms in total. The van der Waals surface area contributed by atoms with E-state index in [1.165, 1.54) is 0 Å². The van der Waals surface area contributed by atoms with E-state index in [0.29, 0.717) is 17.0 Å². The Balaban J connectivity index is 1.33. The summed E-state index contributed by atoms with van der Waals surface area (Å²) in [5, 5.41) is 13.3. The highest BCUT2D eigenvalue weighted by molar-refractivity contribution is 6.32. The molecular weight excluding hydrogens is 378 g/mol. The van der Waals surface area contributed by atoms with Gasteiger partial charge in [0.1, 0.15) is 5.52 Å². The number of benzene rings is 1. The highest BCUT2D eigenvalue weighted by atomic mass is 35.5. The fourth-order valence-corrected chi connectivity index (χ4v) is 4.57. The first kappa shape index (κ1) is 19.5. The van der Waals surface area contributed by atoms with Crippen LogP contribution in [0.2, 0.25) is 5.02 Å². The monoisotopic (exact) mass is 405 g/mol. The van der Waals surface area contributed by atoms with Crippen LogP contribution in [-0.2, 0) is 4.79 Å². The fourth-order valence-electron chi connectivity index (χ4n) is 4.41. The summed E-state index contributed by atoms with van der Waals surface area (Å²) in [6.45, 7) is 3.67. The molecule has 1 aromatic heterocycles. The van der Waals surface area contributed by atoms with Gasteiger partial charge < -0.3 is 19.7 Å². The van der Waals surface area contributed by atoms with Crippen LogP contribution in [0.15, 0.2) is 16.5 Å². The lowest BCUT2D eigenvalue weighted by atomic mass is 9.85. The molecule has 2 atom stereocenters. The third-order valence-corrected chi connectivity index (χ3v) is 6.59. The maximum Gasteiger partial charge on any atom is 0.298 e. The summed E-state index contributed by atoms with van der Waals surface area (Å²) in [6.07, 6.45) is 5.64. The molecule has 2 aromatic rings. The first-order valence-electron chi connectivity index (χ1n) is 10.3. The van der Waals surface area contributed by atoms with Crippen LogP contribution in [0.4, 0.5) is 6.01 Å². The second-order valence-corrected chi connectivity index (χ2v) is 8.65. The lowest BCUT2D eigenvalue weighted by molar-refractivity contribution is -0.126. The van der Waals surface area contributed by atoms with Gasteiger partial charge in [-0.3, -0.25) is 4.79 Å². The van der Waals surface area contributed by atoms with Gasteiger partial charge in [0.15, 0.2) is 5.58 Å². The SMILES string of the molecule is Cc1cc2oc(N3CCC(C(=O)N[C@H]4CCC[C@H](CO)C4)CC3)nc2cc1Cl. The van der Waals surface area contributed by atoms with Crippen LogP contribution < -0.4 is 10.2 Å². The number of hydrogen-bond acceptors (Lipinski definition) is 5. The third-order valence-electron chi connectivity index (χ3n) is 6.18. The number of amides is 1. The molecule has 0 radical (unpaired) electrons. The number of carbonyl (C=O) groups excluding carboxylic acids is 1. The van der Waals surface area contributed by atoms with Crippen LogP contribution in [-0.4, -0.2) is 41.7 Å². The van der Waals surface area contributed by atoms with Gasteiger partial charge in [-0.2, -0.15) is 4.98 Å². The summed E-state index contributed by atoms with van der Waals surface area (Å²) in [6, 6.07) is 4.57. The number of hydrogen-bond donors (Lipinski definition) is 2. The number of aromatic nitrogens is 1. The highest BCUT2D eigenvalue weighted by Gasteiger charge is 2.30. The number of nitrogens with zero attached hydrogens (tertiary/aromatic N) is 2. The van der Waals surface area contributed by atoms with Crippen LogP contribution in [0.5, 0.6) is 0 Å². The van der Waals surface area contributed by atoms with Crippen LogP contribution in [0.3, 0.4) is 0 Å². The second-order valence-electron chi connectivity index (χ2n) is 8.25. The zero-order valence-electron chi connectivity index (χ0n) is 16.3. The normalized spacial score (nSPS) is 23.9. The number of aryl methyl sites for hydroxylation is 1. The maximum absolute atomic E-state index is 12.7. The Morgan fingerprint density at radius 3 is 2.86 bits per heavy atom. The summed E-state index contributed by atoms with van der Waals surface area (Å²) in [5.74, 6) is 0.521. The standard InChI is InChI=1S/C21H28ClN3O3/c1-13-9-19-18(11-17(13)22)24-21(28-19)25-7-5-15(6-8-25)20(27)23-16-4-2-3-14(10-16)12-26/h9,11,14-16,26H,2-8,10,12H2,1H3,(H,23,27)/t14-,16-/m0/s1. The van der Waals surface area contributed by atoms with E-state index in [9.17, 15) is 9.90 Å². The number of rotatable bonds is 4. The number of halogens is 1. The Bertz CT molecular complexity index is 806. The molecular formula is C21H28ClN3O3. The summed E-state index contributed by atoms with van der Waals surface area (Å²) < 4.78 is 5.92. The molecule has 4 rings (SSSR count). The Kier molecular flexibility index (Phi) is 5.78. The van der Waals surface area contributed by atoms with Crippen LogP contribution in [0.25, 0.3) is 11.1 Å². The predicted molar refractivity (Wildman–Crippen MR) is 110 cm³/mol. The minimum atomic E-state index is 0.0341. The smallest absolute Gasteiger partial charge is 0.298 e. The quantitative estimate of drug-likeness (QED) is 0.811. The van der Waals surface area contributed by atoms with Gasteiger partial charge in [-0.05, 0) is 62.6 Å². The molecule has 28 heavy (non-hydrogen) atoms. The Hall–Kier alpha value is -1.79. The summed E-state index contributed by atoms with van der Waals surface area (Å²) >= 11 is 6.18. The fraction of sp³-hybridized carbons (Fsp3) is 0.619. The average Bonchev–Trinajstić information content (AvgIpc) is 3.11. The lowest BCUT2D eigenvalue weighted by Crippen LogP contribution is -2.45. The molecule has 0 bridgehead atoms. The minimum Gasteiger partial charge on any atom is -0.423 e.